The van der Waals surface area contributed by atoms with Crippen molar-refractivity contribution in [3.05, 3.63) is 30.1 Å². The number of amides is 1. The van der Waals surface area contributed by atoms with Crippen LogP contribution in [-0.4, -0.2) is 41.0 Å². The van der Waals surface area contributed by atoms with Crippen molar-refractivity contribution in [3.8, 4) is 0 Å². The maximum atomic E-state index is 13.0. The highest BCUT2D eigenvalue weighted by molar-refractivity contribution is 5.90. The van der Waals surface area contributed by atoms with E-state index in [1.807, 2.05) is 0 Å². The van der Waals surface area contributed by atoms with Crippen LogP contribution in [0.25, 0.3) is 0 Å². The maximum Gasteiger partial charge on any atom is 0.323 e. The van der Waals surface area contributed by atoms with E-state index >= 15 is 0 Å². The summed E-state index contributed by atoms with van der Waals surface area (Å²) in [5, 5.41) is 11.6. The van der Waals surface area contributed by atoms with E-state index in [0.717, 1.165) is 0 Å². The van der Waals surface area contributed by atoms with E-state index in [2.05, 4.69) is 5.32 Å². The van der Waals surface area contributed by atoms with Gasteiger partial charge in [-0.25, -0.2) is 4.39 Å². The number of carbonyl (C=O) groups excluding carboxylic acids is 1. The largest absolute Gasteiger partial charge is 0.480 e. The predicted octanol–water partition coefficient (Wildman–Crippen LogP) is 1.95. The maximum absolute atomic E-state index is 13.0. The van der Waals surface area contributed by atoms with Gasteiger partial charge in [0.2, 0.25) is 5.91 Å². The summed E-state index contributed by atoms with van der Waals surface area (Å²) < 4.78 is 13.0. The van der Waals surface area contributed by atoms with E-state index in [1.54, 1.807) is 31.9 Å². The number of hydrogen-bond acceptors (Lipinski definition) is 3. The summed E-state index contributed by atoms with van der Waals surface area (Å²) in [6.45, 7) is 3.43. The van der Waals surface area contributed by atoms with E-state index in [0.29, 0.717) is 12.2 Å². The summed E-state index contributed by atoms with van der Waals surface area (Å²) in [6, 6.07) is 5.61. The first-order valence-electron chi connectivity index (χ1n) is 6.23. The molecule has 1 rings (SSSR count). The first-order chi connectivity index (χ1) is 9.23. The first-order valence-corrected chi connectivity index (χ1v) is 6.23. The van der Waals surface area contributed by atoms with Crippen LogP contribution in [-0.2, 0) is 9.59 Å². The monoisotopic (exact) mass is 282 g/mol. The zero-order valence-corrected chi connectivity index (χ0v) is 11.8. The lowest BCUT2D eigenvalue weighted by molar-refractivity contribution is -0.148. The van der Waals surface area contributed by atoms with E-state index in [4.69, 9.17) is 5.11 Å². The molecule has 0 saturated heterocycles. The van der Waals surface area contributed by atoms with Gasteiger partial charge in [-0.3, -0.25) is 14.5 Å². The van der Waals surface area contributed by atoms with Crippen LogP contribution in [0.4, 0.5) is 10.1 Å². The van der Waals surface area contributed by atoms with Gasteiger partial charge in [-0.05, 0) is 39.1 Å². The number of likely N-dealkylation sites (N-methyl/N-ethyl adjacent to an activating group) is 1. The third-order valence-electron chi connectivity index (χ3n) is 3.26. The molecule has 0 aliphatic rings. The second-order valence-corrected chi connectivity index (χ2v) is 5.09. The number of benzene rings is 1. The molecule has 20 heavy (non-hydrogen) atoms. The standard InChI is InChI=1S/C14H19FN2O3/c1-14(2,13(19)20)17(3)8-7-12(18)16-11-6-4-5-10(15)9-11/h4-6,9H,7-8H2,1-3H3,(H,16,18)(H,19,20). The highest BCUT2D eigenvalue weighted by Gasteiger charge is 2.31. The zero-order chi connectivity index (χ0) is 15.3. The molecule has 0 aliphatic carbocycles. The van der Waals surface area contributed by atoms with E-state index < -0.39 is 17.3 Å². The first kappa shape index (κ1) is 16.1. The van der Waals surface area contributed by atoms with Crippen LogP contribution < -0.4 is 5.32 Å². The second-order valence-electron chi connectivity index (χ2n) is 5.09. The molecular weight excluding hydrogens is 263 g/mol. The zero-order valence-electron chi connectivity index (χ0n) is 11.8. The number of nitrogens with one attached hydrogen (secondary N) is 1. The number of rotatable bonds is 6. The van der Waals surface area contributed by atoms with Crippen LogP contribution in [0.15, 0.2) is 24.3 Å². The molecule has 0 atom stereocenters. The third kappa shape index (κ3) is 4.31. The van der Waals surface area contributed by atoms with Gasteiger partial charge in [0.25, 0.3) is 0 Å². The van der Waals surface area contributed by atoms with Crippen molar-refractivity contribution in [2.75, 3.05) is 18.9 Å². The van der Waals surface area contributed by atoms with Crippen molar-refractivity contribution in [1.29, 1.82) is 0 Å². The minimum Gasteiger partial charge on any atom is -0.480 e. The Bertz CT molecular complexity index is 503. The van der Waals surface area contributed by atoms with Crippen molar-refractivity contribution < 1.29 is 19.1 Å². The summed E-state index contributed by atoms with van der Waals surface area (Å²) in [7, 11) is 1.64. The van der Waals surface area contributed by atoms with Gasteiger partial charge in [0, 0.05) is 18.7 Å². The van der Waals surface area contributed by atoms with Gasteiger partial charge in [-0.1, -0.05) is 6.07 Å². The topological polar surface area (TPSA) is 69.6 Å². The molecule has 110 valence electrons. The molecule has 0 radical (unpaired) electrons. The van der Waals surface area contributed by atoms with Gasteiger partial charge in [0.1, 0.15) is 11.4 Å². The number of anilines is 1. The van der Waals surface area contributed by atoms with Gasteiger partial charge < -0.3 is 10.4 Å². The molecule has 1 amide bonds. The minimum atomic E-state index is -1.04. The number of carboxylic acids is 1. The Morgan fingerprint density at radius 1 is 1.40 bits per heavy atom. The van der Waals surface area contributed by atoms with Gasteiger partial charge in [-0.15, -0.1) is 0 Å². The Labute approximate surface area is 117 Å². The number of carboxylic acid groups (broad SMARTS) is 1. The fourth-order valence-corrected chi connectivity index (χ4v) is 1.50. The Balaban J connectivity index is 2.50. The highest BCUT2D eigenvalue weighted by Crippen LogP contribution is 2.13. The van der Waals surface area contributed by atoms with Crippen LogP contribution in [0.2, 0.25) is 0 Å². The number of carbonyl (C=O) groups is 2. The molecule has 5 nitrogen and oxygen atoms in total. The molecule has 0 spiro atoms. The predicted molar refractivity (Wildman–Crippen MR) is 74.0 cm³/mol. The number of aliphatic carboxylic acids is 1. The highest BCUT2D eigenvalue weighted by atomic mass is 19.1. The Kier molecular flexibility index (Phi) is 5.21. The number of hydrogen-bond donors (Lipinski definition) is 2. The smallest absolute Gasteiger partial charge is 0.323 e. The number of halogens is 1. The second kappa shape index (κ2) is 6.47. The molecule has 0 unspecified atom stereocenters. The molecule has 0 fully saturated rings. The molecular formula is C14H19FN2O3. The van der Waals surface area contributed by atoms with Crippen LogP contribution in [0.5, 0.6) is 0 Å². The molecule has 6 heteroatoms. The van der Waals surface area contributed by atoms with Gasteiger partial charge in [0.05, 0.1) is 0 Å². The molecule has 0 heterocycles. The normalized spacial score (nSPS) is 11.4. The fraction of sp³-hybridized carbons (Fsp3) is 0.429. The quantitative estimate of drug-likeness (QED) is 0.836. The van der Waals surface area contributed by atoms with Crippen molar-refractivity contribution in [3.63, 3.8) is 0 Å². The van der Waals surface area contributed by atoms with E-state index in [1.165, 1.54) is 18.2 Å². The van der Waals surface area contributed by atoms with Crippen LogP contribution in [0, 0.1) is 5.82 Å². The van der Waals surface area contributed by atoms with Gasteiger partial charge in [0.15, 0.2) is 0 Å². The molecule has 0 saturated carbocycles. The van der Waals surface area contributed by atoms with Crippen LogP contribution in [0.1, 0.15) is 20.3 Å². The minimum absolute atomic E-state index is 0.129. The summed E-state index contributed by atoms with van der Waals surface area (Å²) >= 11 is 0. The Morgan fingerprint density at radius 3 is 2.60 bits per heavy atom. The van der Waals surface area contributed by atoms with E-state index in [-0.39, 0.29) is 12.3 Å². The molecule has 1 aromatic rings. The van der Waals surface area contributed by atoms with Crippen molar-refractivity contribution >= 4 is 17.6 Å². The van der Waals surface area contributed by atoms with Crippen LogP contribution >= 0.6 is 0 Å². The summed E-state index contributed by atoms with van der Waals surface area (Å²) in [5.74, 6) is -1.67. The lowest BCUT2D eigenvalue weighted by atomic mass is 10.0. The molecule has 1 aromatic carbocycles. The fourth-order valence-electron chi connectivity index (χ4n) is 1.50. The SMILES string of the molecule is CN(CCC(=O)Nc1cccc(F)c1)C(C)(C)C(=O)O. The Morgan fingerprint density at radius 2 is 2.05 bits per heavy atom. The third-order valence-corrected chi connectivity index (χ3v) is 3.26. The molecule has 2 N–H and O–H groups in total. The van der Waals surface area contributed by atoms with Gasteiger partial charge >= 0.3 is 5.97 Å². The number of nitrogens with zero attached hydrogens (tertiary/aromatic N) is 1. The van der Waals surface area contributed by atoms with Crippen molar-refractivity contribution in [1.82, 2.24) is 4.90 Å². The van der Waals surface area contributed by atoms with Crippen molar-refractivity contribution in [2.45, 2.75) is 25.8 Å². The summed E-state index contributed by atoms with van der Waals surface area (Å²) in [4.78, 5) is 24.4. The van der Waals surface area contributed by atoms with Gasteiger partial charge in [-0.2, -0.15) is 0 Å². The molecule has 0 aliphatic heterocycles. The lowest BCUT2D eigenvalue weighted by Crippen LogP contribution is -2.48. The van der Waals surface area contributed by atoms with Crippen molar-refractivity contribution in [2.24, 2.45) is 0 Å². The van der Waals surface area contributed by atoms with Crippen LogP contribution in [0.3, 0.4) is 0 Å². The molecule has 0 bridgehead atoms. The average molecular weight is 282 g/mol. The summed E-state index contributed by atoms with van der Waals surface area (Å²) in [5.41, 5.74) is -0.658. The lowest BCUT2D eigenvalue weighted by Gasteiger charge is -2.31. The average Bonchev–Trinajstić information content (AvgIpc) is 2.35. The Hall–Kier alpha value is -1.95. The molecule has 0 aromatic heterocycles. The summed E-state index contributed by atoms with van der Waals surface area (Å²) in [6.07, 6.45) is 0.129. The van der Waals surface area contributed by atoms with E-state index in [9.17, 15) is 14.0 Å².